The molecule has 3 heterocycles. The van der Waals surface area contributed by atoms with Crippen LogP contribution in [0.1, 0.15) is 86.0 Å². The Hall–Kier alpha value is -5.11. The Kier molecular flexibility index (Phi) is 13.3. The number of amides is 3. The molecule has 4 aromatic carbocycles. The molecule has 300 valence electrons. The molecule has 4 aromatic rings. The zero-order valence-electron chi connectivity index (χ0n) is 32.3. The minimum Gasteiger partial charge on any atom is -0.392 e. The van der Waals surface area contributed by atoms with Gasteiger partial charge in [0, 0.05) is 56.7 Å². The van der Waals surface area contributed by atoms with E-state index in [1.807, 2.05) is 54.6 Å². The third kappa shape index (κ3) is 9.89. The van der Waals surface area contributed by atoms with Gasteiger partial charge in [-0.25, -0.2) is 5.48 Å². The van der Waals surface area contributed by atoms with E-state index in [4.69, 9.17) is 14.7 Å². The van der Waals surface area contributed by atoms with Gasteiger partial charge >= 0.3 is 0 Å². The van der Waals surface area contributed by atoms with Crippen LogP contribution in [-0.2, 0) is 37.0 Å². The van der Waals surface area contributed by atoms with Crippen LogP contribution in [0.2, 0.25) is 0 Å². The normalized spacial score (nSPS) is 20.6. The lowest BCUT2D eigenvalue weighted by Gasteiger charge is -2.45. The molecule has 5 N–H and O–H groups in total. The first-order valence-corrected chi connectivity index (χ1v) is 20.1. The smallest absolute Gasteiger partial charge is 0.247 e. The molecule has 3 aliphatic heterocycles. The van der Waals surface area contributed by atoms with E-state index < -0.39 is 17.7 Å². The van der Waals surface area contributed by atoms with Gasteiger partial charge in [0.2, 0.25) is 17.7 Å². The number of nitrogens with zero attached hydrogens (tertiary/aromatic N) is 2. The van der Waals surface area contributed by atoms with E-state index in [9.17, 15) is 19.5 Å². The Morgan fingerprint density at radius 3 is 2.23 bits per heavy atom. The molecule has 12 heteroatoms. The summed E-state index contributed by atoms with van der Waals surface area (Å²) >= 11 is 0. The zero-order valence-corrected chi connectivity index (χ0v) is 32.3. The molecule has 3 aliphatic rings. The first kappa shape index (κ1) is 40.1. The molecule has 57 heavy (non-hydrogen) atoms. The number of unbranched alkanes of at least 4 members (excludes halogenated alkanes) is 2. The van der Waals surface area contributed by atoms with E-state index in [1.54, 1.807) is 5.48 Å². The van der Waals surface area contributed by atoms with Crippen LogP contribution >= 0.6 is 0 Å². The fraction of sp³-hybridized carbons (Fsp3) is 0.400. The monoisotopic (exact) mass is 775 g/mol. The summed E-state index contributed by atoms with van der Waals surface area (Å²) in [7, 11) is 0. The van der Waals surface area contributed by atoms with Gasteiger partial charge in [-0.3, -0.25) is 19.6 Å². The summed E-state index contributed by atoms with van der Waals surface area (Å²) in [5.74, 6) is -0.344. The van der Waals surface area contributed by atoms with Crippen molar-refractivity contribution in [1.29, 1.82) is 0 Å². The summed E-state index contributed by atoms with van der Waals surface area (Å²) in [4.78, 5) is 41.5. The second-order valence-electron chi connectivity index (χ2n) is 15.3. The maximum Gasteiger partial charge on any atom is 0.247 e. The van der Waals surface area contributed by atoms with E-state index in [0.29, 0.717) is 38.9 Å². The van der Waals surface area contributed by atoms with E-state index in [-0.39, 0.29) is 37.0 Å². The molecule has 0 aromatic heterocycles. The van der Waals surface area contributed by atoms with Gasteiger partial charge in [-0.15, -0.1) is 0 Å². The van der Waals surface area contributed by atoms with Crippen molar-refractivity contribution in [1.82, 2.24) is 21.0 Å². The van der Waals surface area contributed by atoms with Crippen molar-refractivity contribution in [3.05, 3.63) is 125 Å². The molecule has 3 fully saturated rings. The number of carbonyl (C=O) groups is 3. The van der Waals surface area contributed by atoms with Crippen LogP contribution in [0.15, 0.2) is 103 Å². The van der Waals surface area contributed by atoms with Crippen molar-refractivity contribution in [3.8, 4) is 11.1 Å². The van der Waals surface area contributed by atoms with E-state index in [1.165, 1.54) is 0 Å². The maximum atomic E-state index is 13.3. The molecular formula is C45H53N5O7. The second kappa shape index (κ2) is 18.9. The third-order valence-corrected chi connectivity index (χ3v) is 11.5. The van der Waals surface area contributed by atoms with E-state index in [2.05, 4.69) is 69.0 Å². The second-order valence-corrected chi connectivity index (χ2v) is 15.3. The molecule has 3 saturated heterocycles. The highest BCUT2D eigenvalue weighted by Gasteiger charge is 2.50. The van der Waals surface area contributed by atoms with Crippen LogP contribution in [0.25, 0.3) is 11.1 Å². The molecule has 0 aliphatic carbocycles. The summed E-state index contributed by atoms with van der Waals surface area (Å²) in [5, 5.41) is 24.3. The predicted molar refractivity (Wildman–Crippen MR) is 215 cm³/mol. The SMILES string of the molecule is O=C(CCCCCC(=O)NCc1cccc(-c2ccc([C@H]3O[C@@H](CN4CCC5(CC4)C(=O)NCN5c4ccccc4)C[C@@H](c4ccc(CO)cc4)O3)cc2)c1)NO. The Labute approximate surface area is 334 Å². The van der Waals surface area contributed by atoms with Crippen molar-refractivity contribution >= 4 is 23.4 Å². The highest BCUT2D eigenvalue weighted by molar-refractivity contribution is 5.93. The number of benzene rings is 4. The van der Waals surface area contributed by atoms with Gasteiger partial charge < -0.3 is 35.0 Å². The number of para-hydroxylation sites is 1. The number of aliphatic hydroxyl groups is 1. The van der Waals surface area contributed by atoms with E-state index in [0.717, 1.165) is 78.0 Å². The Morgan fingerprint density at radius 2 is 1.51 bits per heavy atom. The van der Waals surface area contributed by atoms with Crippen LogP contribution in [0.3, 0.4) is 0 Å². The molecule has 0 radical (unpaired) electrons. The van der Waals surface area contributed by atoms with Crippen LogP contribution in [0, 0.1) is 0 Å². The summed E-state index contributed by atoms with van der Waals surface area (Å²) in [6.07, 6.45) is 3.90. The largest absolute Gasteiger partial charge is 0.392 e. The van der Waals surface area contributed by atoms with Gasteiger partial charge in [0.05, 0.1) is 25.5 Å². The van der Waals surface area contributed by atoms with Gasteiger partial charge in [-0.1, -0.05) is 91.3 Å². The van der Waals surface area contributed by atoms with Crippen molar-refractivity contribution in [2.45, 2.75) is 88.6 Å². The number of likely N-dealkylation sites (tertiary alicyclic amines) is 1. The first-order chi connectivity index (χ1) is 27.8. The number of hydrogen-bond acceptors (Lipinski definition) is 9. The quantitative estimate of drug-likeness (QED) is 0.0566. The molecule has 0 bridgehead atoms. The number of aliphatic hydroxyl groups excluding tert-OH is 1. The van der Waals surface area contributed by atoms with Crippen molar-refractivity contribution in [3.63, 3.8) is 0 Å². The topological polar surface area (TPSA) is 153 Å². The Balaban J connectivity index is 0.984. The fourth-order valence-electron chi connectivity index (χ4n) is 8.25. The minimum absolute atomic E-state index is 0.0171. The lowest BCUT2D eigenvalue weighted by molar-refractivity contribution is -0.253. The number of hydrogen-bond donors (Lipinski definition) is 5. The molecule has 12 nitrogen and oxygen atoms in total. The zero-order chi connectivity index (χ0) is 39.6. The van der Waals surface area contributed by atoms with Crippen LogP contribution in [0.4, 0.5) is 5.69 Å². The van der Waals surface area contributed by atoms with Crippen molar-refractivity contribution in [2.24, 2.45) is 0 Å². The summed E-state index contributed by atoms with van der Waals surface area (Å²) in [6, 6.07) is 34.5. The van der Waals surface area contributed by atoms with Gasteiger partial charge in [-0.05, 0) is 71.7 Å². The average Bonchev–Trinajstić information content (AvgIpc) is 3.57. The highest BCUT2D eigenvalue weighted by Crippen LogP contribution is 2.40. The fourth-order valence-corrected chi connectivity index (χ4v) is 8.25. The lowest BCUT2D eigenvalue weighted by atomic mass is 9.85. The van der Waals surface area contributed by atoms with Crippen molar-refractivity contribution < 1.29 is 34.2 Å². The minimum atomic E-state index is -0.584. The number of nitrogens with one attached hydrogen (secondary N) is 3. The number of carbonyl (C=O) groups excluding carboxylic acids is 3. The van der Waals surface area contributed by atoms with Gasteiger partial charge in [0.1, 0.15) is 5.54 Å². The number of ether oxygens (including phenoxy) is 2. The summed E-state index contributed by atoms with van der Waals surface area (Å²) in [6.45, 7) is 3.20. The van der Waals surface area contributed by atoms with Gasteiger partial charge in [-0.2, -0.15) is 0 Å². The van der Waals surface area contributed by atoms with Crippen molar-refractivity contribution in [2.75, 3.05) is 31.2 Å². The molecule has 0 saturated carbocycles. The third-order valence-electron chi connectivity index (χ3n) is 11.5. The van der Waals surface area contributed by atoms with Crippen LogP contribution < -0.4 is 21.0 Å². The predicted octanol–water partition coefficient (Wildman–Crippen LogP) is 5.89. The molecular weight excluding hydrogens is 723 g/mol. The average molecular weight is 776 g/mol. The summed E-state index contributed by atoms with van der Waals surface area (Å²) in [5.41, 5.74) is 8.00. The molecule has 1 spiro atoms. The van der Waals surface area contributed by atoms with Crippen LogP contribution in [-0.4, -0.2) is 70.9 Å². The number of piperidine rings is 1. The van der Waals surface area contributed by atoms with Gasteiger partial charge in [0.25, 0.3) is 0 Å². The highest BCUT2D eigenvalue weighted by atomic mass is 16.7. The summed E-state index contributed by atoms with van der Waals surface area (Å²) < 4.78 is 13.4. The molecule has 7 rings (SSSR count). The Bertz CT molecular complexity index is 1950. The number of rotatable bonds is 15. The lowest BCUT2D eigenvalue weighted by Crippen LogP contribution is -2.57. The van der Waals surface area contributed by atoms with E-state index >= 15 is 0 Å². The van der Waals surface area contributed by atoms with Gasteiger partial charge in [0.15, 0.2) is 6.29 Å². The maximum absolute atomic E-state index is 13.3. The van der Waals surface area contributed by atoms with Crippen LogP contribution in [0.5, 0.6) is 0 Å². The molecule has 0 unspecified atom stereocenters. The molecule has 3 atom stereocenters. The Morgan fingerprint density at radius 1 is 0.789 bits per heavy atom. The number of anilines is 1. The first-order valence-electron chi connectivity index (χ1n) is 20.1. The number of hydroxylamine groups is 1. The molecule has 3 amide bonds. The standard InChI is InChI=1S/C45H53N5O7/c51-30-32-14-16-35(17-15-32)40-27-39(29-49-24-22-45(23-25-49)44(54)47-31-50(45)38-10-3-1-4-11-38)56-43(57-40)36-20-18-34(19-21-36)37-9-7-8-33(26-37)28-46-41(52)12-5-2-6-13-42(53)48-55/h1,3-4,7-11,14-21,26,39-40,43,51,55H,2,5-6,12-13,22-25,27-31H2,(H,46,52)(H,47,54)(H,48,53)/t39-,40+,43+/m1/s1.